The van der Waals surface area contributed by atoms with Gasteiger partial charge >= 0.3 is 0 Å². The van der Waals surface area contributed by atoms with Crippen molar-refractivity contribution in [3.8, 4) is 11.3 Å². The molecule has 0 aliphatic carbocycles. The molecule has 3 N–H and O–H groups in total. The lowest BCUT2D eigenvalue weighted by atomic mass is 10.0. The average molecular weight is 469 g/mol. The van der Waals surface area contributed by atoms with Gasteiger partial charge in [0.2, 0.25) is 5.91 Å². The second-order valence-electron chi connectivity index (χ2n) is 7.70. The summed E-state index contributed by atoms with van der Waals surface area (Å²) in [5.41, 5.74) is 1.81. The Labute approximate surface area is 196 Å². The van der Waals surface area contributed by atoms with Crippen molar-refractivity contribution in [1.29, 1.82) is 0 Å². The van der Waals surface area contributed by atoms with Crippen LogP contribution in [-0.2, 0) is 11.3 Å². The molecule has 0 saturated carbocycles. The summed E-state index contributed by atoms with van der Waals surface area (Å²) in [6.07, 6.45) is 0. The molecular formula is C24H25ClN4O4. The number of amides is 3. The van der Waals surface area contributed by atoms with Gasteiger partial charge in [-0.25, -0.2) is 4.98 Å². The van der Waals surface area contributed by atoms with Crippen LogP contribution >= 0.6 is 11.6 Å². The summed E-state index contributed by atoms with van der Waals surface area (Å²) < 4.78 is 5.73. The summed E-state index contributed by atoms with van der Waals surface area (Å²) in [4.78, 5) is 40.9. The highest BCUT2D eigenvalue weighted by Gasteiger charge is 2.25. The number of carbonyl (C=O) groups excluding carboxylic acids is 3. The molecule has 1 unspecified atom stereocenters. The fourth-order valence-electron chi connectivity index (χ4n) is 3.16. The van der Waals surface area contributed by atoms with Crippen LogP contribution in [0.1, 0.15) is 40.5 Å². The van der Waals surface area contributed by atoms with Crippen molar-refractivity contribution in [2.24, 2.45) is 5.92 Å². The molecule has 3 aromatic rings. The van der Waals surface area contributed by atoms with Crippen LogP contribution in [0.2, 0.25) is 5.15 Å². The lowest BCUT2D eigenvalue weighted by Gasteiger charge is -2.19. The van der Waals surface area contributed by atoms with E-state index in [1.54, 1.807) is 30.3 Å². The van der Waals surface area contributed by atoms with Gasteiger partial charge in [-0.05, 0) is 41.8 Å². The highest BCUT2D eigenvalue weighted by molar-refractivity contribution is 6.29. The average Bonchev–Trinajstić information content (AvgIpc) is 3.31. The van der Waals surface area contributed by atoms with Crippen molar-refractivity contribution in [3.63, 3.8) is 0 Å². The molecule has 9 heteroatoms. The van der Waals surface area contributed by atoms with Crippen LogP contribution in [0.25, 0.3) is 11.3 Å². The largest absolute Gasteiger partial charge is 0.451 e. The molecule has 3 rings (SSSR count). The van der Waals surface area contributed by atoms with Gasteiger partial charge in [-0.3, -0.25) is 14.4 Å². The van der Waals surface area contributed by atoms with Gasteiger partial charge in [-0.2, -0.15) is 0 Å². The van der Waals surface area contributed by atoms with Gasteiger partial charge in [0.25, 0.3) is 11.8 Å². The molecule has 2 aromatic heterocycles. The fourth-order valence-corrected chi connectivity index (χ4v) is 3.32. The van der Waals surface area contributed by atoms with Crippen LogP contribution in [0, 0.1) is 5.92 Å². The van der Waals surface area contributed by atoms with E-state index in [4.69, 9.17) is 16.0 Å². The lowest BCUT2D eigenvalue weighted by Crippen LogP contribution is -2.48. The Morgan fingerprint density at radius 3 is 2.48 bits per heavy atom. The molecule has 3 amide bonds. The van der Waals surface area contributed by atoms with Gasteiger partial charge in [0.15, 0.2) is 5.76 Å². The highest BCUT2D eigenvalue weighted by atomic mass is 35.5. The minimum absolute atomic E-state index is 0.0858. The van der Waals surface area contributed by atoms with Crippen molar-refractivity contribution in [3.05, 3.63) is 76.8 Å². The third-order valence-corrected chi connectivity index (χ3v) is 5.13. The van der Waals surface area contributed by atoms with Crippen LogP contribution in [0.3, 0.4) is 0 Å². The minimum atomic E-state index is -0.669. The van der Waals surface area contributed by atoms with Crippen LogP contribution in [0.4, 0.5) is 0 Å². The minimum Gasteiger partial charge on any atom is -0.451 e. The zero-order chi connectivity index (χ0) is 24.0. The number of hydrogen-bond donors (Lipinski definition) is 3. The predicted octanol–water partition coefficient (Wildman–Crippen LogP) is 3.43. The van der Waals surface area contributed by atoms with Crippen LogP contribution < -0.4 is 16.0 Å². The molecular weight excluding hydrogens is 444 g/mol. The topological polar surface area (TPSA) is 113 Å². The second-order valence-corrected chi connectivity index (χ2v) is 8.09. The van der Waals surface area contributed by atoms with Gasteiger partial charge in [-0.1, -0.05) is 49.7 Å². The van der Waals surface area contributed by atoms with Gasteiger partial charge < -0.3 is 20.4 Å². The fraction of sp³-hybridized carbons (Fsp3) is 0.250. The molecule has 0 saturated heterocycles. The van der Waals surface area contributed by atoms with E-state index in [9.17, 15) is 14.4 Å². The summed E-state index contributed by atoms with van der Waals surface area (Å²) in [5, 5.41) is 8.30. The number of pyridine rings is 1. The Kier molecular flexibility index (Phi) is 7.84. The monoisotopic (exact) mass is 468 g/mol. The van der Waals surface area contributed by atoms with Crippen LogP contribution in [0.15, 0.2) is 59.0 Å². The first kappa shape index (κ1) is 24.0. The van der Waals surface area contributed by atoms with Gasteiger partial charge in [0.1, 0.15) is 22.6 Å². The number of hydrogen-bond acceptors (Lipinski definition) is 5. The van der Waals surface area contributed by atoms with Crippen molar-refractivity contribution >= 4 is 29.3 Å². The van der Waals surface area contributed by atoms with Crippen molar-refractivity contribution in [1.82, 2.24) is 20.9 Å². The molecule has 0 spiro atoms. The number of furan rings is 1. The van der Waals surface area contributed by atoms with E-state index in [0.717, 1.165) is 11.1 Å². The Morgan fingerprint density at radius 1 is 1.03 bits per heavy atom. The molecule has 1 atom stereocenters. The number of benzene rings is 1. The molecule has 0 aliphatic rings. The smallest absolute Gasteiger partial charge is 0.287 e. The Balaban J connectivity index is 1.67. The first-order chi connectivity index (χ1) is 15.8. The molecule has 33 heavy (non-hydrogen) atoms. The quantitative estimate of drug-likeness (QED) is 0.438. The molecule has 8 nitrogen and oxygen atoms in total. The molecule has 0 fully saturated rings. The van der Waals surface area contributed by atoms with E-state index < -0.39 is 11.9 Å². The Hall–Kier alpha value is -3.65. The maximum absolute atomic E-state index is 12.6. The van der Waals surface area contributed by atoms with E-state index in [-0.39, 0.29) is 40.9 Å². The zero-order valence-electron chi connectivity index (χ0n) is 18.5. The second kappa shape index (κ2) is 10.8. The first-order valence-corrected chi connectivity index (χ1v) is 10.8. The lowest BCUT2D eigenvalue weighted by molar-refractivity contribution is -0.123. The molecule has 0 bridgehead atoms. The molecule has 0 radical (unpaired) electrons. The predicted molar refractivity (Wildman–Crippen MR) is 125 cm³/mol. The Bertz CT molecular complexity index is 1160. The van der Waals surface area contributed by atoms with Crippen molar-refractivity contribution in [2.75, 3.05) is 7.05 Å². The van der Waals surface area contributed by atoms with Gasteiger partial charge in [0.05, 0.1) is 0 Å². The number of nitrogens with one attached hydrogen (secondary N) is 3. The summed E-state index contributed by atoms with van der Waals surface area (Å²) in [7, 11) is 1.52. The number of rotatable bonds is 8. The summed E-state index contributed by atoms with van der Waals surface area (Å²) in [6, 6.07) is 14.8. The van der Waals surface area contributed by atoms with E-state index >= 15 is 0 Å². The first-order valence-electron chi connectivity index (χ1n) is 10.4. The summed E-state index contributed by atoms with van der Waals surface area (Å²) >= 11 is 5.84. The number of halogens is 1. The number of carbonyl (C=O) groups is 3. The van der Waals surface area contributed by atoms with E-state index in [0.29, 0.717) is 5.76 Å². The maximum Gasteiger partial charge on any atom is 0.287 e. The molecule has 0 aliphatic heterocycles. The van der Waals surface area contributed by atoms with Gasteiger partial charge in [-0.15, -0.1) is 0 Å². The highest BCUT2D eigenvalue weighted by Crippen LogP contribution is 2.23. The van der Waals surface area contributed by atoms with Crippen LogP contribution in [0.5, 0.6) is 0 Å². The normalized spacial score (nSPS) is 11.7. The zero-order valence-corrected chi connectivity index (χ0v) is 19.3. The van der Waals surface area contributed by atoms with E-state index in [1.807, 2.05) is 38.1 Å². The molecule has 172 valence electrons. The third-order valence-electron chi connectivity index (χ3n) is 4.92. The van der Waals surface area contributed by atoms with E-state index in [1.165, 1.54) is 7.05 Å². The standard InChI is InChI=1S/C24H25ClN4O4/c1-14(2)21(24(32)26-3)29-23(31)19-11-10-18(33-19)16-7-4-6-15(12-16)13-27-22(30)17-8-5-9-20(25)28-17/h4-12,14,21H,13H2,1-3H3,(H,26,32)(H,27,30)(H,29,31). The van der Waals surface area contributed by atoms with Crippen molar-refractivity contribution in [2.45, 2.75) is 26.4 Å². The molecule has 1 aromatic carbocycles. The SMILES string of the molecule is CNC(=O)C(NC(=O)c1ccc(-c2cccc(CNC(=O)c3cccc(Cl)n3)c2)o1)C(C)C. The number of likely N-dealkylation sites (N-methyl/N-ethyl adjacent to an activating group) is 1. The molecule has 2 heterocycles. The summed E-state index contributed by atoms with van der Waals surface area (Å²) in [6.45, 7) is 3.97. The maximum atomic E-state index is 12.6. The number of nitrogens with zero attached hydrogens (tertiary/aromatic N) is 1. The Morgan fingerprint density at radius 2 is 1.79 bits per heavy atom. The van der Waals surface area contributed by atoms with E-state index in [2.05, 4.69) is 20.9 Å². The summed E-state index contributed by atoms with van der Waals surface area (Å²) in [5.74, 6) is -0.571. The number of aromatic nitrogens is 1. The van der Waals surface area contributed by atoms with Crippen molar-refractivity contribution < 1.29 is 18.8 Å². The van der Waals surface area contributed by atoms with Crippen LogP contribution in [-0.4, -0.2) is 35.8 Å². The van der Waals surface area contributed by atoms with Gasteiger partial charge in [0, 0.05) is 19.2 Å². The third kappa shape index (κ3) is 6.20.